The van der Waals surface area contributed by atoms with Gasteiger partial charge in [-0.05, 0) is 32.8 Å². The molecule has 0 aliphatic carbocycles. The van der Waals surface area contributed by atoms with Gasteiger partial charge in [0.05, 0.1) is 12.2 Å². The zero-order valence-electron chi connectivity index (χ0n) is 20.7. The highest BCUT2D eigenvalue weighted by Crippen LogP contribution is 2.22. The quantitative estimate of drug-likeness (QED) is 0.136. The SMILES string of the molecule is CCCCCCCCCCCCCCCCCC(=O)c1c(C(=O)OCC)[nH]c(C)c1C. The number of ether oxygens (including phenoxy) is 1. The lowest BCUT2D eigenvalue weighted by molar-refractivity contribution is 0.0516. The van der Waals surface area contributed by atoms with Crippen molar-refractivity contribution in [2.24, 2.45) is 0 Å². The Morgan fingerprint density at radius 2 is 1.16 bits per heavy atom. The predicted molar refractivity (Wildman–Crippen MR) is 130 cm³/mol. The van der Waals surface area contributed by atoms with Crippen LogP contribution in [0, 0.1) is 13.8 Å². The predicted octanol–water partition coefficient (Wildman–Crippen LogP) is 8.25. The van der Waals surface area contributed by atoms with E-state index >= 15 is 0 Å². The van der Waals surface area contributed by atoms with E-state index in [0.717, 1.165) is 24.1 Å². The molecule has 0 atom stereocenters. The van der Waals surface area contributed by atoms with E-state index in [2.05, 4.69) is 11.9 Å². The normalized spacial score (nSPS) is 11.1. The molecule has 0 radical (unpaired) electrons. The molecule has 0 bridgehead atoms. The molecule has 1 heterocycles. The fraction of sp³-hybridized carbons (Fsp3) is 0.778. The molecule has 0 saturated carbocycles. The van der Waals surface area contributed by atoms with Gasteiger partial charge in [-0.1, -0.05) is 96.8 Å². The monoisotopic (exact) mass is 433 g/mol. The third-order valence-electron chi connectivity index (χ3n) is 6.27. The van der Waals surface area contributed by atoms with E-state index in [1.54, 1.807) is 6.92 Å². The molecular weight excluding hydrogens is 386 g/mol. The summed E-state index contributed by atoms with van der Waals surface area (Å²) in [4.78, 5) is 27.9. The second-order valence-electron chi connectivity index (χ2n) is 8.97. The number of Topliss-reactive ketones (excluding diaryl/α,β-unsaturated/α-hetero) is 1. The minimum absolute atomic E-state index is 0.0552. The molecule has 1 aromatic rings. The number of unbranched alkanes of at least 4 members (excludes halogenated alkanes) is 14. The number of ketones is 1. The minimum Gasteiger partial charge on any atom is -0.461 e. The number of aromatic amines is 1. The molecular formula is C27H47NO3. The van der Waals surface area contributed by atoms with Gasteiger partial charge >= 0.3 is 5.97 Å². The molecule has 0 spiro atoms. The van der Waals surface area contributed by atoms with Crippen LogP contribution in [-0.4, -0.2) is 23.3 Å². The number of esters is 1. The first kappa shape index (κ1) is 27.5. The maximum Gasteiger partial charge on any atom is 0.355 e. The fourth-order valence-corrected chi connectivity index (χ4v) is 4.21. The lowest BCUT2D eigenvalue weighted by atomic mass is 9.99. The van der Waals surface area contributed by atoms with E-state index in [4.69, 9.17) is 4.74 Å². The molecule has 0 aliphatic rings. The van der Waals surface area contributed by atoms with Gasteiger partial charge < -0.3 is 9.72 Å². The van der Waals surface area contributed by atoms with Crippen molar-refractivity contribution < 1.29 is 14.3 Å². The highest BCUT2D eigenvalue weighted by atomic mass is 16.5. The van der Waals surface area contributed by atoms with Crippen LogP contribution >= 0.6 is 0 Å². The van der Waals surface area contributed by atoms with E-state index in [0.29, 0.717) is 24.3 Å². The van der Waals surface area contributed by atoms with Crippen LogP contribution in [0.1, 0.15) is 149 Å². The largest absolute Gasteiger partial charge is 0.461 e. The van der Waals surface area contributed by atoms with Gasteiger partial charge in [0, 0.05) is 12.1 Å². The number of carbonyl (C=O) groups is 2. The maximum absolute atomic E-state index is 12.7. The number of aromatic nitrogens is 1. The molecule has 0 aliphatic heterocycles. The number of carbonyl (C=O) groups excluding carboxylic acids is 2. The molecule has 4 nitrogen and oxygen atoms in total. The molecule has 0 amide bonds. The van der Waals surface area contributed by atoms with Crippen molar-refractivity contribution in [3.05, 3.63) is 22.5 Å². The number of hydrogen-bond acceptors (Lipinski definition) is 3. The van der Waals surface area contributed by atoms with E-state index < -0.39 is 5.97 Å². The van der Waals surface area contributed by atoms with E-state index in [1.807, 2.05) is 13.8 Å². The zero-order chi connectivity index (χ0) is 22.9. The van der Waals surface area contributed by atoms with E-state index in [-0.39, 0.29) is 5.78 Å². The summed E-state index contributed by atoms with van der Waals surface area (Å²) in [6.45, 7) is 8.14. The van der Waals surface area contributed by atoms with Gasteiger partial charge in [0.1, 0.15) is 5.69 Å². The van der Waals surface area contributed by atoms with Crippen molar-refractivity contribution >= 4 is 11.8 Å². The molecule has 4 heteroatoms. The van der Waals surface area contributed by atoms with Crippen LogP contribution in [-0.2, 0) is 4.74 Å². The molecule has 1 rings (SSSR count). The number of hydrogen-bond donors (Lipinski definition) is 1. The number of H-pyrrole nitrogens is 1. The molecule has 0 unspecified atom stereocenters. The Labute approximate surface area is 190 Å². The summed E-state index contributed by atoms with van der Waals surface area (Å²) in [5.41, 5.74) is 2.58. The summed E-state index contributed by atoms with van der Waals surface area (Å²) >= 11 is 0. The summed E-state index contributed by atoms with van der Waals surface area (Å²) < 4.78 is 5.10. The summed E-state index contributed by atoms with van der Waals surface area (Å²) in [6, 6.07) is 0. The highest BCUT2D eigenvalue weighted by Gasteiger charge is 2.23. The molecule has 1 aromatic heterocycles. The Balaban J connectivity index is 2.10. The summed E-state index contributed by atoms with van der Waals surface area (Å²) in [5.74, 6) is -0.377. The first-order chi connectivity index (χ1) is 15.0. The lowest BCUT2D eigenvalue weighted by Gasteiger charge is -2.06. The van der Waals surface area contributed by atoms with Crippen LogP contribution < -0.4 is 0 Å². The average molecular weight is 434 g/mol. The smallest absolute Gasteiger partial charge is 0.355 e. The van der Waals surface area contributed by atoms with E-state index in [9.17, 15) is 9.59 Å². The van der Waals surface area contributed by atoms with Crippen LogP contribution in [0.3, 0.4) is 0 Å². The van der Waals surface area contributed by atoms with Gasteiger partial charge in [0.25, 0.3) is 0 Å². The van der Waals surface area contributed by atoms with Crippen LogP contribution in [0.15, 0.2) is 0 Å². The number of rotatable bonds is 19. The first-order valence-corrected chi connectivity index (χ1v) is 12.9. The van der Waals surface area contributed by atoms with Gasteiger partial charge in [0.2, 0.25) is 0 Å². The Hall–Kier alpha value is -1.58. The molecule has 0 fully saturated rings. The Kier molecular flexibility index (Phi) is 15.1. The van der Waals surface area contributed by atoms with Crippen LogP contribution in [0.25, 0.3) is 0 Å². The molecule has 1 N–H and O–H groups in total. The molecule has 0 aromatic carbocycles. The summed E-state index contributed by atoms with van der Waals surface area (Å²) in [6.07, 6.45) is 20.2. The minimum atomic E-state index is -0.432. The second kappa shape index (κ2) is 17.0. The van der Waals surface area contributed by atoms with Crippen molar-refractivity contribution in [2.45, 2.75) is 130 Å². The maximum atomic E-state index is 12.7. The van der Waals surface area contributed by atoms with E-state index in [1.165, 1.54) is 83.5 Å². The lowest BCUT2D eigenvalue weighted by Crippen LogP contribution is -2.12. The molecule has 31 heavy (non-hydrogen) atoms. The summed E-state index contributed by atoms with van der Waals surface area (Å²) in [5, 5.41) is 0. The fourth-order valence-electron chi connectivity index (χ4n) is 4.21. The average Bonchev–Trinajstić information content (AvgIpc) is 3.05. The number of aryl methyl sites for hydroxylation is 1. The van der Waals surface area contributed by atoms with Crippen molar-refractivity contribution in [1.82, 2.24) is 4.98 Å². The first-order valence-electron chi connectivity index (χ1n) is 12.9. The van der Waals surface area contributed by atoms with Gasteiger partial charge in [-0.2, -0.15) is 0 Å². The van der Waals surface area contributed by atoms with Crippen molar-refractivity contribution in [2.75, 3.05) is 6.61 Å². The molecule has 0 saturated heterocycles. The van der Waals surface area contributed by atoms with Crippen LogP contribution in [0.4, 0.5) is 0 Å². The standard InChI is InChI=1S/C27H47NO3/c1-5-7-8-9-10-11-12-13-14-15-16-17-18-19-20-21-24(29)25-22(3)23(4)28-26(25)27(30)31-6-2/h28H,5-21H2,1-4H3. The van der Waals surface area contributed by atoms with Crippen molar-refractivity contribution in [3.63, 3.8) is 0 Å². The van der Waals surface area contributed by atoms with Gasteiger partial charge in [-0.3, -0.25) is 4.79 Å². The highest BCUT2D eigenvalue weighted by molar-refractivity contribution is 6.06. The Morgan fingerprint density at radius 1 is 0.710 bits per heavy atom. The van der Waals surface area contributed by atoms with Crippen molar-refractivity contribution in [3.8, 4) is 0 Å². The van der Waals surface area contributed by atoms with Crippen LogP contribution in [0.2, 0.25) is 0 Å². The van der Waals surface area contributed by atoms with Crippen molar-refractivity contribution in [1.29, 1.82) is 0 Å². The van der Waals surface area contributed by atoms with Crippen LogP contribution in [0.5, 0.6) is 0 Å². The third kappa shape index (κ3) is 11.0. The van der Waals surface area contributed by atoms with Gasteiger partial charge in [0.15, 0.2) is 5.78 Å². The van der Waals surface area contributed by atoms with Gasteiger partial charge in [-0.25, -0.2) is 4.79 Å². The topological polar surface area (TPSA) is 59.2 Å². The third-order valence-corrected chi connectivity index (χ3v) is 6.27. The van der Waals surface area contributed by atoms with Gasteiger partial charge in [-0.15, -0.1) is 0 Å². The number of nitrogens with one attached hydrogen (secondary N) is 1. The molecule has 178 valence electrons. The zero-order valence-corrected chi connectivity index (χ0v) is 20.7. The summed E-state index contributed by atoms with van der Waals surface area (Å²) in [7, 11) is 0. The Morgan fingerprint density at radius 3 is 1.61 bits per heavy atom. The Bertz CT molecular complexity index is 633. The second-order valence-corrected chi connectivity index (χ2v) is 8.97.